The molecule has 1 unspecified atom stereocenters. The van der Waals surface area contributed by atoms with Gasteiger partial charge in [-0.2, -0.15) is 0 Å². The fraction of sp³-hybridized carbons (Fsp3) is 0.130. The van der Waals surface area contributed by atoms with E-state index < -0.39 is 0 Å². The van der Waals surface area contributed by atoms with Crippen LogP contribution >= 0.6 is 0 Å². The number of amides is 2. The van der Waals surface area contributed by atoms with E-state index in [1.807, 2.05) is 37.3 Å². The smallest absolute Gasteiger partial charge is 0.291 e. The van der Waals surface area contributed by atoms with Crippen LogP contribution in [0.4, 0.5) is 5.69 Å². The lowest BCUT2D eigenvalue weighted by atomic mass is 10.1. The highest BCUT2D eigenvalue weighted by Gasteiger charge is 2.22. The molecular weight excluding hydrogens is 368 g/mol. The van der Waals surface area contributed by atoms with E-state index in [4.69, 9.17) is 8.83 Å². The number of nitrogens with one attached hydrogen (secondary N) is 1. The highest BCUT2D eigenvalue weighted by molar-refractivity contribution is 6.02. The van der Waals surface area contributed by atoms with Crippen molar-refractivity contribution in [2.75, 3.05) is 12.4 Å². The quantitative estimate of drug-likeness (QED) is 0.515. The molecule has 0 aliphatic carbocycles. The molecule has 0 aliphatic rings. The molecule has 0 radical (unpaired) electrons. The molecule has 0 saturated carbocycles. The molecule has 2 heterocycles. The summed E-state index contributed by atoms with van der Waals surface area (Å²) in [7, 11) is 1.74. The first-order chi connectivity index (χ1) is 14.0. The maximum Gasteiger partial charge on any atom is 0.291 e. The van der Waals surface area contributed by atoms with Crippen LogP contribution in [0.3, 0.4) is 0 Å². The zero-order valence-electron chi connectivity index (χ0n) is 16.1. The number of carbonyl (C=O) groups excluding carboxylic acids is 2. The van der Waals surface area contributed by atoms with Gasteiger partial charge in [-0.25, -0.2) is 0 Å². The highest BCUT2D eigenvalue weighted by atomic mass is 16.3. The Hall–Kier alpha value is -3.80. The molecule has 1 atom stereocenters. The lowest BCUT2D eigenvalue weighted by Gasteiger charge is -2.23. The third kappa shape index (κ3) is 3.78. The van der Waals surface area contributed by atoms with Crippen LogP contribution < -0.4 is 5.32 Å². The van der Waals surface area contributed by atoms with Gasteiger partial charge in [0.15, 0.2) is 5.76 Å². The second-order valence-corrected chi connectivity index (χ2v) is 6.79. The van der Waals surface area contributed by atoms with E-state index in [0.717, 1.165) is 16.7 Å². The SMILES string of the molecule is CC(c1cc2ccccc2o1)N(C)C(=O)c1ccc(NC(=O)c2ccco2)cc1. The number of carbonyl (C=O) groups is 2. The van der Waals surface area contributed by atoms with Gasteiger partial charge in [0.1, 0.15) is 11.3 Å². The third-order valence-electron chi connectivity index (χ3n) is 4.89. The summed E-state index contributed by atoms with van der Waals surface area (Å²) in [6, 6.07) is 19.5. The van der Waals surface area contributed by atoms with Gasteiger partial charge in [0.05, 0.1) is 12.3 Å². The number of nitrogens with zero attached hydrogens (tertiary/aromatic N) is 1. The summed E-state index contributed by atoms with van der Waals surface area (Å²) >= 11 is 0. The molecule has 29 heavy (non-hydrogen) atoms. The van der Waals surface area contributed by atoms with Crippen molar-refractivity contribution < 1.29 is 18.4 Å². The number of fused-ring (bicyclic) bond motifs is 1. The number of rotatable bonds is 5. The number of furan rings is 2. The molecule has 4 rings (SSSR count). The molecule has 6 nitrogen and oxygen atoms in total. The van der Waals surface area contributed by atoms with Crippen molar-refractivity contribution in [1.82, 2.24) is 4.90 Å². The van der Waals surface area contributed by atoms with Gasteiger partial charge in [0.2, 0.25) is 0 Å². The Balaban J connectivity index is 1.46. The zero-order chi connectivity index (χ0) is 20.4. The van der Waals surface area contributed by atoms with Gasteiger partial charge in [0, 0.05) is 23.7 Å². The lowest BCUT2D eigenvalue weighted by molar-refractivity contribution is 0.0727. The predicted octanol–water partition coefficient (Wildman–Crippen LogP) is 5.11. The Kier molecular flexibility index (Phi) is 4.91. The van der Waals surface area contributed by atoms with E-state index in [0.29, 0.717) is 11.3 Å². The van der Waals surface area contributed by atoms with E-state index in [1.54, 1.807) is 48.3 Å². The van der Waals surface area contributed by atoms with Gasteiger partial charge < -0.3 is 19.1 Å². The fourth-order valence-corrected chi connectivity index (χ4v) is 3.08. The Morgan fingerprint density at radius 3 is 2.45 bits per heavy atom. The zero-order valence-corrected chi connectivity index (χ0v) is 16.1. The van der Waals surface area contributed by atoms with Crippen molar-refractivity contribution in [3.05, 3.63) is 90.1 Å². The maximum absolute atomic E-state index is 12.9. The van der Waals surface area contributed by atoms with Crippen LogP contribution in [-0.2, 0) is 0 Å². The van der Waals surface area contributed by atoms with Gasteiger partial charge in [-0.3, -0.25) is 9.59 Å². The Bertz CT molecular complexity index is 1110. The van der Waals surface area contributed by atoms with Crippen molar-refractivity contribution in [2.24, 2.45) is 0 Å². The number of para-hydroxylation sites is 1. The minimum atomic E-state index is -0.343. The summed E-state index contributed by atoms with van der Waals surface area (Å²) in [6.07, 6.45) is 1.44. The Labute approximate surface area is 167 Å². The standard InChI is InChI=1S/C23H20N2O4/c1-15(21-14-17-6-3-4-7-19(17)29-21)25(2)23(27)16-9-11-18(12-10-16)24-22(26)20-8-5-13-28-20/h3-15H,1-2H3,(H,24,26). The number of anilines is 1. The largest absolute Gasteiger partial charge is 0.459 e. The molecular formula is C23H20N2O4. The first kappa shape index (κ1) is 18.6. The van der Waals surface area contributed by atoms with Crippen molar-refractivity contribution in [2.45, 2.75) is 13.0 Å². The summed E-state index contributed by atoms with van der Waals surface area (Å²) in [5.41, 5.74) is 1.90. The minimum Gasteiger partial charge on any atom is -0.459 e. The molecule has 2 aromatic heterocycles. The second kappa shape index (κ2) is 7.67. The van der Waals surface area contributed by atoms with Crippen molar-refractivity contribution in [3.63, 3.8) is 0 Å². The van der Waals surface area contributed by atoms with Crippen LogP contribution in [0.15, 0.2) is 81.8 Å². The number of hydrogen-bond donors (Lipinski definition) is 1. The monoisotopic (exact) mass is 388 g/mol. The van der Waals surface area contributed by atoms with E-state index in [1.165, 1.54) is 6.26 Å². The van der Waals surface area contributed by atoms with Crippen molar-refractivity contribution in [3.8, 4) is 0 Å². The van der Waals surface area contributed by atoms with E-state index in [9.17, 15) is 9.59 Å². The summed E-state index contributed by atoms with van der Waals surface area (Å²) in [5, 5.41) is 3.74. The van der Waals surface area contributed by atoms with Gasteiger partial charge in [-0.05, 0) is 55.5 Å². The first-order valence-corrected chi connectivity index (χ1v) is 9.23. The van der Waals surface area contributed by atoms with Crippen LogP contribution in [0, 0.1) is 0 Å². The molecule has 146 valence electrons. The summed E-state index contributed by atoms with van der Waals surface area (Å²) < 4.78 is 11.0. The molecule has 0 saturated heterocycles. The van der Waals surface area contributed by atoms with Crippen LogP contribution in [0.2, 0.25) is 0 Å². The molecule has 0 spiro atoms. The van der Waals surface area contributed by atoms with Gasteiger partial charge in [0.25, 0.3) is 11.8 Å². The van der Waals surface area contributed by atoms with Crippen molar-refractivity contribution in [1.29, 1.82) is 0 Å². The Morgan fingerprint density at radius 1 is 1.00 bits per heavy atom. The van der Waals surface area contributed by atoms with Crippen LogP contribution in [0.1, 0.15) is 39.6 Å². The average Bonchev–Trinajstić information content (AvgIpc) is 3.42. The molecule has 0 aliphatic heterocycles. The van der Waals surface area contributed by atoms with Crippen molar-refractivity contribution >= 4 is 28.5 Å². The minimum absolute atomic E-state index is 0.137. The van der Waals surface area contributed by atoms with E-state index in [-0.39, 0.29) is 23.6 Å². The predicted molar refractivity (Wildman–Crippen MR) is 110 cm³/mol. The molecule has 1 N–H and O–H groups in total. The third-order valence-corrected chi connectivity index (χ3v) is 4.89. The second-order valence-electron chi connectivity index (χ2n) is 6.79. The van der Waals surface area contributed by atoms with E-state index >= 15 is 0 Å². The topological polar surface area (TPSA) is 75.7 Å². The fourth-order valence-electron chi connectivity index (χ4n) is 3.08. The van der Waals surface area contributed by atoms with Gasteiger partial charge in [-0.15, -0.1) is 0 Å². The van der Waals surface area contributed by atoms with Crippen LogP contribution in [0.5, 0.6) is 0 Å². The Morgan fingerprint density at radius 2 is 1.76 bits per heavy atom. The highest BCUT2D eigenvalue weighted by Crippen LogP contribution is 2.27. The first-order valence-electron chi connectivity index (χ1n) is 9.23. The molecule has 2 aromatic carbocycles. The average molecular weight is 388 g/mol. The molecule has 6 heteroatoms. The van der Waals surface area contributed by atoms with E-state index in [2.05, 4.69) is 5.32 Å². The summed E-state index contributed by atoms with van der Waals surface area (Å²) in [6.45, 7) is 1.92. The van der Waals surface area contributed by atoms with Crippen LogP contribution in [0.25, 0.3) is 11.0 Å². The van der Waals surface area contributed by atoms with Crippen LogP contribution in [-0.4, -0.2) is 23.8 Å². The van der Waals surface area contributed by atoms with Gasteiger partial charge >= 0.3 is 0 Å². The molecule has 4 aromatic rings. The number of hydrogen-bond acceptors (Lipinski definition) is 4. The maximum atomic E-state index is 12.9. The molecule has 0 bridgehead atoms. The normalized spacial score (nSPS) is 11.9. The molecule has 2 amide bonds. The number of benzene rings is 2. The summed E-state index contributed by atoms with van der Waals surface area (Å²) in [5.74, 6) is 0.473. The van der Waals surface area contributed by atoms with Gasteiger partial charge in [-0.1, -0.05) is 18.2 Å². The lowest BCUT2D eigenvalue weighted by Crippen LogP contribution is -2.29. The molecule has 0 fully saturated rings. The summed E-state index contributed by atoms with van der Waals surface area (Å²) in [4.78, 5) is 26.5.